The molecular weight excluding hydrogens is 286 g/mol. The Kier molecular flexibility index (Phi) is 4.58. The van der Waals surface area contributed by atoms with Crippen molar-refractivity contribution in [2.75, 3.05) is 20.6 Å². The molecule has 0 saturated carbocycles. The maximum atomic E-state index is 11.2. The summed E-state index contributed by atoms with van der Waals surface area (Å²) in [6, 6.07) is 13.9. The summed E-state index contributed by atoms with van der Waals surface area (Å²) in [6.45, 7) is 1.53. The first-order valence-corrected chi connectivity index (χ1v) is 7.84. The van der Waals surface area contributed by atoms with Crippen LogP contribution in [0.3, 0.4) is 0 Å². The lowest BCUT2D eigenvalue weighted by molar-refractivity contribution is 0.112. The van der Waals surface area contributed by atoms with Gasteiger partial charge in [-0.2, -0.15) is 0 Å². The van der Waals surface area contributed by atoms with Crippen LogP contribution in [0.1, 0.15) is 33.5 Å². The first-order valence-electron chi connectivity index (χ1n) is 7.84. The van der Waals surface area contributed by atoms with Gasteiger partial charge in [-0.25, -0.2) is 0 Å². The molecule has 23 heavy (non-hydrogen) atoms. The van der Waals surface area contributed by atoms with Crippen LogP contribution in [0.4, 0.5) is 0 Å². The predicted molar refractivity (Wildman–Crippen MR) is 92.9 cm³/mol. The van der Waals surface area contributed by atoms with Crippen molar-refractivity contribution < 1.29 is 9.53 Å². The predicted octanol–water partition coefficient (Wildman–Crippen LogP) is 3.77. The molecule has 118 valence electrons. The Labute approximate surface area is 137 Å². The monoisotopic (exact) mass is 307 g/mol. The van der Waals surface area contributed by atoms with Crippen molar-refractivity contribution in [1.29, 1.82) is 0 Å². The Morgan fingerprint density at radius 1 is 1.13 bits per heavy atom. The van der Waals surface area contributed by atoms with Gasteiger partial charge in [-0.1, -0.05) is 30.3 Å². The molecule has 3 heteroatoms. The van der Waals surface area contributed by atoms with Gasteiger partial charge in [0, 0.05) is 17.7 Å². The van der Waals surface area contributed by atoms with E-state index in [4.69, 9.17) is 4.74 Å². The van der Waals surface area contributed by atoms with Crippen LogP contribution in [0.25, 0.3) is 5.57 Å². The van der Waals surface area contributed by atoms with Crippen LogP contribution in [0.2, 0.25) is 0 Å². The average Bonchev–Trinajstić information content (AvgIpc) is 2.71. The van der Waals surface area contributed by atoms with E-state index in [2.05, 4.69) is 37.2 Å². The van der Waals surface area contributed by atoms with Gasteiger partial charge in [0.1, 0.15) is 18.6 Å². The minimum Gasteiger partial charge on any atom is -0.488 e. The number of fused-ring (bicyclic) bond motifs is 2. The highest BCUT2D eigenvalue weighted by Gasteiger charge is 2.19. The standard InChI is InChI=1S/C20H21NO2/c1-21(2)11-5-8-18-17-7-4-3-6-16(17)14-23-20-10-9-15(13-22)12-19(18)20/h3-4,6-10,12-13H,5,11,14H2,1-2H3. The van der Waals surface area contributed by atoms with Gasteiger partial charge < -0.3 is 9.64 Å². The third kappa shape index (κ3) is 3.35. The van der Waals surface area contributed by atoms with Gasteiger partial charge in [-0.15, -0.1) is 0 Å². The topological polar surface area (TPSA) is 29.5 Å². The molecule has 1 aliphatic heterocycles. The summed E-state index contributed by atoms with van der Waals surface area (Å²) in [4.78, 5) is 13.3. The van der Waals surface area contributed by atoms with Gasteiger partial charge in [-0.3, -0.25) is 4.79 Å². The molecule has 2 aromatic carbocycles. The molecule has 0 aliphatic carbocycles. The van der Waals surface area contributed by atoms with Crippen LogP contribution in [0.5, 0.6) is 5.75 Å². The number of nitrogens with zero attached hydrogens (tertiary/aromatic N) is 1. The molecule has 0 amide bonds. The smallest absolute Gasteiger partial charge is 0.150 e. The Hall–Kier alpha value is -2.39. The molecule has 2 aromatic rings. The Morgan fingerprint density at radius 3 is 2.74 bits per heavy atom. The maximum Gasteiger partial charge on any atom is 0.150 e. The minimum absolute atomic E-state index is 0.550. The van der Waals surface area contributed by atoms with E-state index in [0.29, 0.717) is 12.2 Å². The van der Waals surface area contributed by atoms with E-state index in [0.717, 1.165) is 36.1 Å². The van der Waals surface area contributed by atoms with E-state index in [-0.39, 0.29) is 0 Å². The second-order valence-electron chi connectivity index (χ2n) is 6.03. The van der Waals surface area contributed by atoms with Crippen LogP contribution in [-0.2, 0) is 6.61 Å². The van der Waals surface area contributed by atoms with Crippen LogP contribution in [0.15, 0.2) is 48.5 Å². The lowest BCUT2D eigenvalue weighted by atomic mass is 9.92. The summed E-state index contributed by atoms with van der Waals surface area (Å²) in [5.41, 5.74) is 5.18. The maximum absolute atomic E-state index is 11.2. The van der Waals surface area contributed by atoms with Crippen molar-refractivity contribution in [3.8, 4) is 5.75 Å². The largest absolute Gasteiger partial charge is 0.488 e. The van der Waals surface area contributed by atoms with Crippen molar-refractivity contribution in [2.24, 2.45) is 0 Å². The van der Waals surface area contributed by atoms with E-state index < -0.39 is 0 Å². The molecule has 0 bridgehead atoms. The number of hydrogen-bond acceptors (Lipinski definition) is 3. The molecule has 0 atom stereocenters. The van der Waals surface area contributed by atoms with Gasteiger partial charge in [0.05, 0.1) is 0 Å². The van der Waals surface area contributed by atoms with E-state index in [1.807, 2.05) is 24.3 Å². The number of rotatable bonds is 4. The molecular formula is C20H21NO2. The summed E-state index contributed by atoms with van der Waals surface area (Å²) in [5, 5.41) is 0. The molecule has 1 heterocycles. The fourth-order valence-electron chi connectivity index (χ4n) is 2.85. The normalized spacial score (nSPS) is 14.8. The van der Waals surface area contributed by atoms with E-state index >= 15 is 0 Å². The van der Waals surface area contributed by atoms with Gasteiger partial charge in [-0.05, 0) is 55.4 Å². The van der Waals surface area contributed by atoms with Crippen molar-refractivity contribution in [3.05, 3.63) is 70.8 Å². The van der Waals surface area contributed by atoms with Crippen molar-refractivity contribution in [1.82, 2.24) is 4.90 Å². The second-order valence-corrected chi connectivity index (χ2v) is 6.03. The third-order valence-electron chi connectivity index (χ3n) is 4.05. The Bertz CT molecular complexity index is 747. The Balaban J connectivity index is 2.12. The van der Waals surface area contributed by atoms with Gasteiger partial charge in [0.15, 0.2) is 0 Å². The zero-order chi connectivity index (χ0) is 16.2. The highest BCUT2D eigenvalue weighted by atomic mass is 16.5. The number of hydrogen-bond donors (Lipinski definition) is 0. The fraction of sp³-hybridized carbons (Fsp3) is 0.250. The van der Waals surface area contributed by atoms with E-state index in [9.17, 15) is 4.79 Å². The number of ether oxygens (including phenoxy) is 1. The van der Waals surface area contributed by atoms with Crippen molar-refractivity contribution in [2.45, 2.75) is 13.0 Å². The van der Waals surface area contributed by atoms with Crippen molar-refractivity contribution in [3.63, 3.8) is 0 Å². The quantitative estimate of drug-likeness (QED) is 0.805. The highest BCUT2D eigenvalue weighted by Crippen LogP contribution is 2.37. The molecule has 0 saturated heterocycles. The summed E-state index contributed by atoms with van der Waals surface area (Å²) in [5.74, 6) is 0.836. The lowest BCUT2D eigenvalue weighted by Gasteiger charge is -2.12. The van der Waals surface area contributed by atoms with Crippen LogP contribution in [0, 0.1) is 0 Å². The molecule has 0 fully saturated rings. The van der Waals surface area contributed by atoms with Crippen LogP contribution >= 0.6 is 0 Å². The molecule has 3 nitrogen and oxygen atoms in total. The van der Waals surface area contributed by atoms with Crippen LogP contribution < -0.4 is 4.74 Å². The molecule has 3 rings (SSSR count). The summed E-state index contributed by atoms with van der Waals surface area (Å²) >= 11 is 0. The third-order valence-corrected chi connectivity index (χ3v) is 4.05. The first kappa shape index (κ1) is 15.5. The van der Waals surface area contributed by atoms with Gasteiger partial charge >= 0.3 is 0 Å². The highest BCUT2D eigenvalue weighted by molar-refractivity contribution is 5.88. The average molecular weight is 307 g/mol. The molecule has 0 aromatic heterocycles. The summed E-state index contributed by atoms with van der Waals surface area (Å²) in [7, 11) is 4.14. The zero-order valence-electron chi connectivity index (χ0n) is 13.6. The molecule has 0 spiro atoms. The molecule has 0 unspecified atom stereocenters. The fourth-order valence-corrected chi connectivity index (χ4v) is 2.85. The SMILES string of the molecule is CN(C)CCC=C1c2ccccc2COc2ccc(C=O)cc21. The molecule has 0 radical (unpaired) electrons. The Morgan fingerprint density at radius 2 is 1.96 bits per heavy atom. The molecule has 0 N–H and O–H groups in total. The number of carbonyl (C=O) groups excluding carboxylic acids is 1. The zero-order valence-corrected chi connectivity index (χ0v) is 13.6. The summed E-state index contributed by atoms with van der Waals surface area (Å²) in [6.07, 6.45) is 4.08. The minimum atomic E-state index is 0.550. The number of aldehydes is 1. The lowest BCUT2D eigenvalue weighted by Crippen LogP contribution is -2.12. The second kappa shape index (κ2) is 6.80. The first-order chi connectivity index (χ1) is 11.2. The van der Waals surface area contributed by atoms with E-state index in [1.54, 1.807) is 6.07 Å². The van der Waals surface area contributed by atoms with Crippen LogP contribution in [-0.4, -0.2) is 31.8 Å². The number of benzene rings is 2. The van der Waals surface area contributed by atoms with E-state index in [1.165, 1.54) is 11.1 Å². The van der Waals surface area contributed by atoms with Crippen molar-refractivity contribution >= 4 is 11.9 Å². The van der Waals surface area contributed by atoms with Gasteiger partial charge in [0.2, 0.25) is 0 Å². The number of carbonyl (C=O) groups is 1. The van der Waals surface area contributed by atoms with Gasteiger partial charge in [0.25, 0.3) is 0 Å². The molecule has 1 aliphatic rings. The summed E-state index contributed by atoms with van der Waals surface area (Å²) < 4.78 is 5.96.